The average Bonchev–Trinajstić information content (AvgIpc) is 1.17. The first kappa shape index (κ1) is 98.4. The smallest absolute Gasteiger partial charge is 0.278 e. The highest BCUT2D eigenvalue weighted by Gasteiger charge is 2.38. The summed E-state index contributed by atoms with van der Waals surface area (Å²) in [6.45, 7) is 9.25. The van der Waals surface area contributed by atoms with Gasteiger partial charge in [-0.15, -0.1) is 0 Å². The van der Waals surface area contributed by atoms with Crippen LogP contribution in [-0.4, -0.2) is 281 Å². The Hall–Kier alpha value is -6.56. The standard InChI is InChI=1S/C58H110N16O28S5/c1-9-35(6)12-10-11-13-46(77)65-38(14-20-59-28-103(88,89)90)53(82)74-48(37(8)76)58(87)70-41(17-23-62-31-106(97,98)99)50(79)68-43-19-25-64-57(86)47(36(7)75)73-54(83)42(18-24-63-32-107(100,101)102)67-49(78)39(15-21-60-29-104(91,92)93)69-55(84)44(26-33(2)3)72-56(85)45(27-34(4)5)71-52(81)40(66-51(43)80)16-22-61-30-105(94,95)96/h33-45,47-48,59-63,75-76H,9-32H2,1-8H3,(H,64,86)(H,65,77)(H,66,80)(H,67,78)(H,68,79)(H,69,84)(H,70,87)(H,71,81)(H,72,85)(H,73,83)(H,74,82)(H,88,89,90)(H,91,92,93)(H,94,95,96)(H,97,98,99)(H,100,101,102)/t35?,36-,37-,38+,39+,40+,41+,42+,43+,44+,45-,47+,48+/m1/s1. The maximum Gasteiger partial charge on any atom is 0.278 e. The molecule has 0 bridgehead atoms. The number of hydrogen-bond acceptors (Lipinski definition) is 28. The van der Waals surface area contributed by atoms with Crippen molar-refractivity contribution in [2.24, 2.45) is 17.8 Å². The molecule has 0 spiro atoms. The van der Waals surface area contributed by atoms with Crippen LogP contribution in [0.2, 0.25) is 0 Å². The van der Waals surface area contributed by atoms with E-state index in [1.165, 1.54) is 0 Å². The summed E-state index contributed by atoms with van der Waals surface area (Å²) in [4.78, 5) is 158. The fourth-order valence-electron chi connectivity index (χ4n) is 10.2. The Kier molecular flexibility index (Phi) is 44.3. The summed E-state index contributed by atoms with van der Waals surface area (Å²) in [5.74, 6) is -19.1. The third kappa shape index (κ3) is 45.3. The normalized spacial score (nSPS) is 21.5. The number of rotatable bonds is 44. The van der Waals surface area contributed by atoms with Gasteiger partial charge in [-0.3, -0.25) is 75.5 Å². The molecular formula is C58H110N16O28S5. The summed E-state index contributed by atoms with van der Waals surface area (Å²) in [6.07, 6.45) is -5.23. The zero-order chi connectivity index (χ0) is 81.8. The van der Waals surface area contributed by atoms with Crippen molar-refractivity contribution in [2.45, 2.75) is 211 Å². The molecule has 0 saturated carbocycles. The largest absolute Gasteiger partial charge is 0.391 e. The van der Waals surface area contributed by atoms with Gasteiger partial charge in [-0.2, -0.15) is 42.1 Å². The lowest BCUT2D eigenvalue weighted by molar-refractivity contribution is -0.137. The second-order valence-corrected chi connectivity index (χ2v) is 33.9. The fraction of sp³-hybridized carbons (Fsp3) is 0.810. The van der Waals surface area contributed by atoms with Crippen molar-refractivity contribution in [2.75, 3.05) is 68.7 Å². The molecular weight excluding hydrogens is 1530 g/mol. The highest BCUT2D eigenvalue weighted by molar-refractivity contribution is 7.86. The van der Waals surface area contributed by atoms with Crippen molar-refractivity contribution in [1.29, 1.82) is 0 Å². The number of aliphatic hydroxyl groups excluding tert-OH is 2. The lowest BCUT2D eigenvalue weighted by Crippen LogP contribution is -2.62. The van der Waals surface area contributed by atoms with Gasteiger partial charge in [0.1, 0.15) is 89.8 Å². The molecule has 13 atom stereocenters. The Morgan fingerprint density at radius 2 is 0.804 bits per heavy atom. The molecule has 620 valence electrons. The summed E-state index contributed by atoms with van der Waals surface area (Å²) in [5.41, 5.74) is 0. The SMILES string of the molecule is CCC(C)CCCCC(=O)N[C@@H](CCNCS(=O)(=O)O)C(=O)N[C@H](C(=O)N[C@@H](CCNCS(=O)(=O)O)C(=O)N[C@H]1CCNC(=O)[C@H]([C@@H](C)O)NC(=O)[C@H](CCNCS(=O)(=O)O)NC(=O)[C@H](CCNCS(=O)(=O)O)NC(=O)[C@H](CC(C)C)NC(=O)[C@@H](CC(C)C)NC(=O)[C@H](CCNCS(=O)(=O)O)NC1=O)[C@@H](C)O. The minimum absolute atomic E-state index is 0.0847. The lowest BCUT2D eigenvalue weighted by atomic mass is 9.99. The van der Waals surface area contributed by atoms with Crippen molar-refractivity contribution in [3.05, 3.63) is 0 Å². The molecule has 1 aliphatic heterocycles. The fourth-order valence-corrected chi connectivity index (χ4v) is 12.2. The second kappa shape index (κ2) is 48.2. The minimum Gasteiger partial charge on any atom is -0.391 e. The van der Waals surface area contributed by atoms with Gasteiger partial charge in [0.15, 0.2) is 0 Å². The number of unbranched alkanes of at least 4 members (excludes halogenated alkanes) is 1. The van der Waals surface area contributed by atoms with Crippen LogP contribution >= 0.6 is 0 Å². The van der Waals surface area contributed by atoms with Crippen molar-refractivity contribution in [1.82, 2.24) is 85.1 Å². The van der Waals surface area contributed by atoms with E-state index in [0.717, 1.165) is 26.7 Å². The number of carbonyl (C=O) groups excluding carboxylic acids is 11. The molecule has 0 radical (unpaired) electrons. The average molecular weight is 1640 g/mol. The summed E-state index contributed by atoms with van der Waals surface area (Å²) in [5, 5.41) is 59.7. The Balaban J connectivity index is 4.33. The third-order valence-electron chi connectivity index (χ3n) is 15.9. The summed E-state index contributed by atoms with van der Waals surface area (Å²) < 4.78 is 163. The lowest BCUT2D eigenvalue weighted by Gasteiger charge is -2.29. The molecule has 1 aliphatic rings. The summed E-state index contributed by atoms with van der Waals surface area (Å²) in [6, 6.07) is -18.5. The number of hydrogen-bond donors (Lipinski definition) is 23. The zero-order valence-corrected chi connectivity index (χ0v) is 65.0. The first-order valence-corrected chi connectivity index (χ1v) is 42.4. The molecule has 107 heavy (non-hydrogen) atoms. The topological polar surface area (TPSA) is 693 Å². The summed E-state index contributed by atoms with van der Waals surface area (Å²) >= 11 is 0. The molecule has 1 rings (SSSR count). The van der Waals surface area contributed by atoms with E-state index in [9.17, 15) is 128 Å². The maximum absolute atomic E-state index is 14.9. The number of aliphatic hydroxyl groups is 2. The van der Waals surface area contributed by atoms with Gasteiger partial charge in [-0.1, -0.05) is 60.8 Å². The summed E-state index contributed by atoms with van der Waals surface area (Å²) in [7, 11) is -23.5. The van der Waals surface area contributed by atoms with Gasteiger partial charge in [-0.25, -0.2) is 0 Å². The van der Waals surface area contributed by atoms with Crippen LogP contribution in [0.15, 0.2) is 0 Å². The Morgan fingerprint density at radius 3 is 1.18 bits per heavy atom. The third-order valence-corrected chi connectivity index (χ3v) is 18.7. The van der Waals surface area contributed by atoms with Gasteiger partial charge in [0, 0.05) is 13.0 Å². The van der Waals surface area contributed by atoms with Gasteiger partial charge >= 0.3 is 0 Å². The van der Waals surface area contributed by atoms with E-state index < -0.39 is 294 Å². The van der Waals surface area contributed by atoms with Crippen LogP contribution in [0.1, 0.15) is 139 Å². The van der Waals surface area contributed by atoms with Crippen molar-refractivity contribution in [3.63, 3.8) is 0 Å². The van der Waals surface area contributed by atoms with Crippen LogP contribution in [0, 0.1) is 17.8 Å². The highest BCUT2D eigenvalue weighted by Crippen LogP contribution is 2.15. The van der Waals surface area contributed by atoms with Crippen molar-refractivity contribution < 1.29 is 128 Å². The molecule has 0 aromatic rings. The van der Waals surface area contributed by atoms with E-state index in [1.54, 1.807) is 27.7 Å². The first-order chi connectivity index (χ1) is 49.4. The predicted octanol–water partition coefficient (Wildman–Crippen LogP) is -8.06. The van der Waals surface area contributed by atoms with Gasteiger partial charge in [0.25, 0.3) is 50.6 Å². The zero-order valence-electron chi connectivity index (χ0n) is 60.9. The molecule has 1 heterocycles. The van der Waals surface area contributed by atoms with E-state index in [2.05, 4.69) is 85.1 Å². The molecule has 11 amide bonds. The van der Waals surface area contributed by atoms with Gasteiger partial charge in [0.2, 0.25) is 65.0 Å². The van der Waals surface area contributed by atoms with Gasteiger partial charge in [-0.05, 0) is 122 Å². The van der Waals surface area contributed by atoms with Crippen molar-refractivity contribution >= 4 is 116 Å². The first-order valence-electron chi connectivity index (χ1n) is 34.4. The molecule has 23 N–H and O–H groups in total. The molecule has 1 unspecified atom stereocenters. The van der Waals surface area contributed by atoms with Crippen LogP contribution in [-0.2, 0) is 103 Å². The van der Waals surface area contributed by atoms with Gasteiger partial charge in [0.05, 0.1) is 12.2 Å². The van der Waals surface area contributed by atoms with Crippen LogP contribution in [0.25, 0.3) is 0 Å². The Morgan fingerprint density at radius 1 is 0.439 bits per heavy atom. The van der Waals surface area contributed by atoms with E-state index in [1.807, 2.05) is 13.8 Å². The monoisotopic (exact) mass is 1640 g/mol. The van der Waals surface area contributed by atoms with Gasteiger partial charge < -0.3 is 95.3 Å². The molecule has 1 fully saturated rings. The van der Waals surface area contributed by atoms with Crippen molar-refractivity contribution in [3.8, 4) is 0 Å². The minimum atomic E-state index is -4.77. The van der Waals surface area contributed by atoms with E-state index in [-0.39, 0.29) is 32.2 Å². The molecule has 1 saturated heterocycles. The molecule has 49 heteroatoms. The Labute approximate surface area is 623 Å². The van der Waals surface area contributed by atoms with Crippen LogP contribution in [0.3, 0.4) is 0 Å². The van der Waals surface area contributed by atoms with E-state index in [0.29, 0.717) is 18.8 Å². The number of carbonyl (C=O) groups is 11. The molecule has 0 aromatic heterocycles. The molecule has 44 nitrogen and oxygen atoms in total. The highest BCUT2D eigenvalue weighted by atomic mass is 32.2. The second-order valence-electron chi connectivity index (χ2n) is 26.7. The van der Waals surface area contributed by atoms with E-state index >= 15 is 0 Å². The van der Waals surface area contributed by atoms with Crippen LogP contribution in [0.4, 0.5) is 0 Å². The predicted molar refractivity (Wildman–Crippen MR) is 382 cm³/mol. The molecule has 0 aliphatic carbocycles. The quantitative estimate of drug-likeness (QED) is 0.0199. The van der Waals surface area contributed by atoms with Crippen LogP contribution < -0.4 is 85.1 Å². The van der Waals surface area contributed by atoms with Crippen LogP contribution in [0.5, 0.6) is 0 Å². The number of amides is 11. The maximum atomic E-state index is 14.9. The Bertz CT molecular complexity index is 3520. The molecule has 0 aromatic carbocycles. The number of nitrogens with one attached hydrogen (secondary N) is 16. The van der Waals surface area contributed by atoms with E-state index in [4.69, 9.17) is 0 Å².